The number of para-hydroxylation sites is 2. The molecule has 2 amide bonds. The van der Waals surface area contributed by atoms with Crippen LogP contribution in [-0.2, 0) is 16.0 Å². The number of benzene rings is 2. The van der Waals surface area contributed by atoms with E-state index in [1.165, 1.54) is 5.56 Å². The summed E-state index contributed by atoms with van der Waals surface area (Å²) in [7, 11) is 1.65. The van der Waals surface area contributed by atoms with E-state index in [2.05, 4.69) is 17.1 Å². The van der Waals surface area contributed by atoms with E-state index in [0.717, 1.165) is 30.7 Å². The van der Waals surface area contributed by atoms with E-state index in [-0.39, 0.29) is 0 Å². The average molecular weight is 396 g/mol. The number of unbranched alkanes of at least 4 members (excludes halogenated alkanes) is 1. The number of aryl methyl sites for hydroxylation is 1. The molecule has 1 aliphatic rings. The first kappa shape index (κ1) is 20.7. The van der Waals surface area contributed by atoms with Gasteiger partial charge in [-0.05, 0) is 42.7 Å². The minimum absolute atomic E-state index is 0.486. The van der Waals surface area contributed by atoms with Crippen molar-refractivity contribution in [1.29, 1.82) is 0 Å². The second-order valence-corrected chi connectivity index (χ2v) is 7.21. The Morgan fingerprint density at radius 3 is 2.34 bits per heavy atom. The van der Waals surface area contributed by atoms with Gasteiger partial charge in [0.1, 0.15) is 5.75 Å². The Kier molecular flexibility index (Phi) is 7.11. The van der Waals surface area contributed by atoms with E-state index in [9.17, 15) is 9.59 Å². The summed E-state index contributed by atoms with van der Waals surface area (Å²) in [5.41, 5.74) is 2.90. The Morgan fingerprint density at radius 1 is 1.00 bits per heavy atom. The van der Waals surface area contributed by atoms with Gasteiger partial charge >= 0.3 is 11.8 Å². The van der Waals surface area contributed by atoms with Gasteiger partial charge in [0, 0.05) is 31.9 Å². The topological polar surface area (TPSA) is 61.9 Å². The van der Waals surface area contributed by atoms with Gasteiger partial charge < -0.3 is 19.9 Å². The molecule has 0 atom stereocenters. The summed E-state index contributed by atoms with van der Waals surface area (Å²) in [6.45, 7) is 4.48. The number of hydrogen-bond acceptors (Lipinski definition) is 4. The first-order valence-electron chi connectivity index (χ1n) is 10.2. The molecule has 154 valence electrons. The van der Waals surface area contributed by atoms with Crippen molar-refractivity contribution in [3.05, 3.63) is 54.1 Å². The molecule has 0 aliphatic carbocycles. The number of carbonyl (C=O) groups excluding carboxylic acids is 2. The third kappa shape index (κ3) is 5.28. The zero-order valence-corrected chi connectivity index (χ0v) is 17.2. The maximum absolute atomic E-state index is 12.5. The Morgan fingerprint density at radius 2 is 1.69 bits per heavy atom. The summed E-state index contributed by atoms with van der Waals surface area (Å²) in [6.07, 6.45) is 3.32. The molecule has 6 nitrogen and oxygen atoms in total. The Bertz CT molecular complexity index is 828. The zero-order valence-electron chi connectivity index (χ0n) is 17.2. The Balaban J connectivity index is 1.53. The molecule has 0 radical (unpaired) electrons. The number of nitrogens with zero attached hydrogens (tertiary/aromatic N) is 2. The number of amides is 2. The van der Waals surface area contributed by atoms with Crippen molar-refractivity contribution < 1.29 is 14.3 Å². The molecule has 2 aromatic carbocycles. The number of piperazine rings is 1. The maximum Gasteiger partial charge on any atom is 0.313 e. The van der Waals surface area contributed by atoms with Gasteiger partial charge in [0.2, 0.25) is 0 Å². The number of rotatable bonds is 6. The van der Waals surface area contributed by atoms with E-state index >= 15 is 0 Å². The molecule has 6 heteroatoms. The van der Waals surface area contributed by atoms with E-state index < -0.39 is 11.8 Å². The largest absolute Gasteiger partial charge is 0.495 e. The van der Waals surface area contributed by atoms with Crippen molar-refractivity contribution in [3.8, 4) is 5.75 Å². The van der Waals surface area contributed by atoms with Crippen LogP contribution in [0.1, 0.15) is 25.3 Å². The fraction of sp³-hybridized carbons (Fsp3) is 0.391. The van der Waals surface area contributed by atoms with Gasteiger partial charge in [-0.3, -0.25) is 9.59 Å². The lowest BCUT2D eigenvalue weighted by atomic mass is 10.1. The minimum Gasteiger partial charge on any atom is -0.495 e. The lowest BCUT2D eigenvalue weighted by molar-refractivity contribution is -0.143. The highest BCUT2D eigenvalue weighted by Gasteiger charge is 2.27. The molecule has 1 aliphatic heterocycles. The number of anilines is 2. The summed E-state index contributed by atoms with van der Waals surface area (Å²) >= 11 is 0. The minimum atomic E-state index is -0.586. The number of hydrogen-bond donors (Lipinski definition) is 1. The molecule has 29 heavy (non-hydrogen) atoms. The van der Waals surface area contributed by atoms with Crippen molar-refractivity contribution >= 4 is 23.2 Å². The summed E-state index contributed by atoms with van der Waals surface area (Å²) < 4.78 is 5.42. The molecule has 0 saturated carbocycles. The van der Waals surface area contributed by atoms with Gasteiger partial charge in [-0.1, -0.05) is 37.6 Å². The predicted octanol–water partition coefficient (Wildman–Crippen LogP) is 3.33. The fourth-order valence-electron chi connectivity index (χ4n) is 3.51. The van der Waals surface area contributed by atoms with Crippen LogP contribution in [0.4, 0.5) is 11.4 Å². The lowest BCUT2D eigenvalue weighted by Crippen LogP contribution is -2.51. The zero-order chi connectivity index (χ0) is 20.6. The highest BCUT2D eigenvalue weighted by Crippen LogP contribution is 2.28. The van der Waals surface area contributed by atoms with Crippen LogP contribution in [0.3, 0.4) is 0 Å². The molecule has 1 N–H and O–H groups in total. The van der Waals surface area contributed by atoms with E-state index in [4.69, 9.17) is 4.74 Å². The Hall–Kier alpha value is -3.02. The third-order valence-corrected chi connectivity index (χ3v) is 5.22. The third-order valence-electron chi connectivity index (χ3n) is 5.22. The van der Waals surface area contributed by atoms with Crippen molar-refractivity contribution in [2.75, 3.05) is 43.5 Å². The van der Waals surface area contributed by atoms with E-state index in [1.807, 2.05) is 48.5 Å². The lowest BCUT2D eigenvalue weighted by Gasteiger charge is -2.36. The highest BCUT2D eigenvalue weighted by molar-refractivity contribution is 6.39. The first-order valence-corrected chi connectivity index (χ1v) is 10.2. The normalized spacial score (nSPS) is 13.9. The molecule has 2 aromatic rings. The van der Waals surface area contributed by atoms with Gasteiger partial charge in [0.05, 0.1) is 12.8 Å². The monoisotopic (exact) mass is 395 g/mol. The van der Waals surface area contributed by atoms with Crippen LogP contribution in [0.25, 0.3) is 0 Å². The van der Waals surface area contributed by atoms with Crippen molar-refractivity contribution in [2.45, 2.75) is 26.2 Å². The molecule has 3 rings (SSSR count). The standard InChI is InChI=1S/C23H29N3O3/c1-3-4-7-18-10-12-19(13-11-18)24-22(27)23(28)26-16-14-25(15-17-26)20-8-5-6-9-21(20)29-2/h5-6,8-13H,3-4,7,14-17H2,1-2H3,(H,24,27). The summed E-state index contributed by atoms with van der Waals surface area (Å²) in [4.78, 5) is 28.7. The maximum atomic E-state index is 12.5. The smallest absolute Gasteiger partial charge is 0.313 e. The molecule has 0 spiro atoms. The SMILES string of the molecule is CCCCc1ccc(NC(=O)C(=O)N2CCN(c3ccccc3OC)CC2)cc1. The van der Waals surface area contributed by atoms with Gasteiger partial charge in [0.15, 0.2) is 0 Å². The molecule has 0 unspecified atom stereocenters. The molecule has 1 heterocycles. The van der Waals surface area contributed by atoms with E-state index in [0.29, 0.717) is 31.9 Å². The number of methoxy groups -OCH3 is 1. The van der Waals surface area contributed by atoms with Crippen LogP contribution in [0.2, 0.25) is 0 Å². The van der Waals surface area contributed by atoms with Gasteiger partial charge in [-0.15, -0.1) is 0 Å². The summed E-state index contributed by atoms with van der Waals surface area (Å²) in [5, 5.41) is 2.72. The van der Waals surface area contributed by atoms with Gasteiger partial charge in [0.25, 0.3) is 0 Å². The second kappa shape index (κ2) is 9.96. The second-order valence-electron chi connectivity index (χ2n) is 7.21. The molecule has 0 bridgehead atoms. The highest BCUT2D eigenvalue weighted by atomic mass is 16.5. The van der Waals surface area contributed by atoms with Crippen LogP contribution in [0, 0.1) is 0 Å². The van der Waals surface area contributed by atoms with Crippen LogP contribution in [0.5, 0.6) is 5.75 Å². The molecule has 1 saturated heterocycles. The van der Waals surface area contributed by atoms with E-state index in [1.54, 1.807) is 12.0 Å². The molecular weight excluding hydrogens is 366 g/mol. The summed E-state index contributed by atoms with van der Waals surface area (Å²) in [6, 6.07) is 15.6. The van der Waals surface area contributed by atoms with Crippen LogP contribution >= 0.6 is 0 Å². The molecule has 0 aromatic heterocycles. The average Bonchev–Trinajstić information content (AvgIpc) is 2.78. The summed E-state index contributed by atoms with van der Waals surface area (Å²) in [5.74, 6) is -0.260. The predicted molar refractivity (Wildman–Crippen MR) is 115 cm³/mol. The fourth-order valence-corrected chi connectivity index (χ4v) is 3.51. The number of carbonyl (C=O) groups is 2. The van der Waals surface area contributed by atoms with Crippen molar-refractivity contribution in [2.24, 2.45) is 0 Å². The number of nitrogens with one attached hydrogen (secondary N) is 1. The Labute approximate surface area is 172 Å². The number of ether oxygens (including phenoxy) is 1. The van der Waals surface area contributed by atoms with Crippen LogP contribution in [0.15, 0.2) is 48.5 Å². The molecular formula is C23H29N3O3. The quantitative estimate of drug-likeness (QED) is 0.762. The van der Waals surface area contributed by atoms with Crippen LogP contribution < -0.4 is 15.0 Å². The first-order chi connectivity index (χ1) is 14.1. The van der Waals surface area contributed by atoms with Gasteiger partial charge in [-0.25, -0.2) is 0 Å². The molecule has 1 fully saturated rings. The van der Waals surface area contributed by atoms with Gasteiger partial charge in [-0.2, -0.15) is 0 Å². The van der Waals surface area contributed by atoms with Crippen molar-refractivity contribution in [3.63, 3.8) is 0 Å². The van der Waals surface area contributed by atoms with Crippen molar-refractivity contribution in [1.82, 2.24) is 4.90 Å². The van der Waals surface area contributed by atoms with Crippen LogP contribution in [-0.4, -0.2) is 50.0 Å².